The molecule has 3 nitrogen and oxygen atoms in total. The molecule has 2 heterocycles. The minimum atomic E-state index is 0.120. The van der Waals surface area contributed by atoms with Crippen molar-refractivity contribution in [1.82, 2.24) is 4.90 Å². The fourth-order valence-electron chi connectivity index (χ4n) is 4.48. The summed E-state index contributed by atoms with van der Waals surface area (Å²) in [7, 11) is 0. The van der Waals surface area contributed by atoms with Gasteiger partial charge in [0.05, 0.1) is 6.61 Å². The van der Waals surface area contributed by atoms with Gasteiger partial charge in [-0.2, -0.15) is 0 Å². The largest absolute Gasteiger partial charge is 0.381 e. The van der Waals surface area contributed by atoms with Crippen molar-refractivity contribution in [3.8, 4) is 0 Å². The van der Waals surface area contributed by atoms with Crippen molar-refractivity contribution >= 4 is 5.91 Å². The van der Waals surface area contributed by atoms with E-state index in [0.717, 1.165) is 32.5 Å². The zero-order valence-corrected chi connectivity index (χ0v) is 15.3. The average molecular weight is 309 g/mol. The highest BCUT2D eigenvalue weighted by Crippen LogP contribution is 2.38. The van der Waals surface area contributed by atoms with Crippen LogP contribution in [0, 0.1) is 29.6 Å². The summed E-state index contributed by atoms with van der Waals surface area (Å²) >= 11 is 0. The lowest BCUT2D eigenvalue weighted by Gasteiger charge is -2.39. The van der Waals surface area contributed by atoms with Gasteiger partial charge in [-0.25, -0.2) is 0 Å². The van der Waals surface area contributed by atoms with Crippen LogP contribution < -0.4 is 0 Å². The van der Waals surface area contributed by atoms with Crippen molar-refractivity contribution < 1.29 is 9.53 Å². The van der Waals surface area contributed by atoms with Crippen LogP contribution in [0.15, 0.2) is 0 Å². The lowest BCUT2D eigenvalue weighted by Crippen LogP contribution is -2.49. The molecule has 0 spiro atoms. The molecule has 1 amide bonds. The van der Waals surface area contributed by atoms with E-state index in [1.807, 2.05) is 0 Å². The van der Waals surface area contributed by atoms with E-state index in [-0.39, 0.29) is 5.92 Å². The van der Waals surface area contributed by atoms with Gasteiger partial charge in [-0.05, 0) is 49.9 Å². The van der Waals surface area contributed by atoms with Crippen LogP contribution in [0.5, 0.6) is 0 Å². The monoisotopic (exact) mass is 309 g/mol. The summed E-state index contributed by atoms with van der Waals surface area (Å²) in [5.41, 5.74) is 0. The van der Waals surface area contributed by atoms with Gasteiger partial charge in [0.25, 0.3) is 0 Å². The molecule has 0 radical (unpaired) electrons. The van der Waals surface area contributed by atoms with Crippen molar-refractivity contribution in [2.75, 3.05) is 13.2 Å². The van der Waals surface area contributed by atoms with Crippen LogP contribution in [0.2, 0.25) is 0 Å². The first kappa shape index (κ1) is 17.8. The van der Waals surface area contributed by atoms with Crippen LogP contribution in [0.1, 0.15) is 60.8 Å². The van der Waals surface area contributed by atoms with Crippen LogP contribution in [-0.2, 0) is 9.53 Å². The Balaban J connectivity index is 2.21. The first-order chi connectivity index (χ1) is 10.3. The molecule has 3 heteroatoms. The van der Waals surface area contributed by atoms with Crippen molar-refractivity contribution in [1.29, 1.82) is 0 Å². The molecule has 2 aliphatic rings. The zero-order chi connectivity index (χ0) is 16.4. The van der Waals surface area contributed by atoms with Gasteiger partial charge >= 0.3 is 0 Å². The Morgan fingerprint density at radius 2 is 1.86 bits per heavy atom. The van der Waals surface area contributed by atoms with Gasteiger partial charge in [-0.3, -0.25) is 4.79 Å². The third kappa shape index (κ3) is 3.50. The first-order valence-electron chi connectivity index (χ1n) is 9.24. The predicted octanol–water partition coefficient (Wildman–Crippen LogP) is 3.97. The van der Waals surface area contributed by atoms with E-state index in [2.05, 4.69) is 46.4 Å². The number of carbonyl (C=O) groups excluding carboxylic acids is 1. The topological polar surface area (TPSA) is 29.5 Å². The molecular formula is C19H35NO2. The van der Waals surface area contributed by atoms with Crippen molar-refractivity contribution in [3.63, 3.8) is 0 Å². The Morgan fingerprint density at radius 3 is 2.36 bits per heavy atom. The highest BCUT2D eigenvalue weighted by atomic mass is 16.5. The minimum Gasteiger partial charge on any atom is -0.381 e. The smallest absolute Gasteiger partial charge is 0.226 e. The van der Waals surface area contributed by atoms with Crippen molar-refractivity contribution in [2.24, 2.45) is 29.6 Å². The Hall–Kier alpha value is -0.570. The Bertz CT molecular complexity index is 374. The number of amides is 1. The standard InChI is InChI=1S/C19H35NO2/c1-12(2)17-10-14(5)15(6)20(17)19(21)18(13(3)4)16-8-7-9-22-11-16/h12-18H,7-11H2,1-6H3/t14?,15?,16?,17-,18?/m0/s1. The van der Waals surface area contributed by atoms with Gasteiger partial charge in [0.1, 0.15) is 0 Å². The summed E-state index contributed by atoms with van der Waals surface area (Å²) in [4.78, 5) is 15.7. The molecule has 128 valence electrons. The maximum absolute atomic E-state index is 13.4. The predicted molar refractivity (Wildman–Crippen MR) is 90.6 cm³/mol. The first-order valence-corrected chi connectivity index (χ1v) is 9.24. The third-order valence-electron chi connectivity index (χ3n) is 5.96. The second-order valence-corrected chi connectivity index (χ2v) is 8.26. The maximum atomic E-state index is 13.4. The number of nitrogens with zero attached hydrogens (tertiary/aromatic N) is 1. The quantitative estimate of drug-likeness (QED) is 0.786. The van der Waals surface area contributed by atoms with Crippen LogP contribution in [-0.4, -0.2) is 36.1 Å². The van der Waals surface area contributed by atoms with Crippen LogP contribution in [0.4, 0.5) is 0 Å². The van der Waals surface area contributed by atoms with Gasteiger partial charge in [-0.15, -0.1) is 0 Å². The molecule has 4 unspecified atom stereocenters. The molecule has 22 heavy (non-hydrogen) atoms. The number of ether oxygens (including phenoxy) is 1. The molecule has 2 rings (SSSR count). The van der Waals surface area contributed by atoms with E-state index >= 15 is 0 Å². The van der Waals surface area contributed by atoms with Crippen LogP contribution in [0.25, 0.3) is 0 Å². The molecular weight excluding hydrogens is 274 g/mol. The number of hydrogen-bond acceptors (Lipinski definition) is 2. The Labute approximate surface area is 136 Å². The fourth-order valence-corrected chi connectivity index (χ4v) is 4.48. The highest BCUT2D eigenvalue weighted by molar-refractivity contribution is 5.80. The number of likely N-dealkylation sites (tertiary alicyclic amines) is 1. The van der Waals surface area contributed by atoms with Gasteiger partial charge in [0.2, 0.25) is 5.91 Å². The summed E-state index contributed by atoms with van der Waals surface area (Å²) in [5, 5.41) is 0. The molecule has 0 aromatic heterocycles. The van der Waals surface area contributed by atoms with E-state index in [1.165, 1.54) is 0 Å². The summed E-state index contributed by atoms with van der Waals surface area (Å²) in [6.07, 6.45) is 3.38. The van der Waals surface area contributed by atoms with Gasteiger partial charge in [-0.1, -0.05) is 34.6 Å². The molecule has 5 atom stereocenters. The van der Waals surface area contributed by atoms with E-state index in [1.54, 1.807) is 0 Å². The molecule has 0 N–H and O–H groups in total. The van der Waals surface area contributed by atoms with E-state index in [4.69, 9.17) is 4.74 Å². The Kier molecular flexibility index (Phi) is 5.93. The number of hydrogen-bond donors (Lipinski definition) is 0. The molecule has 0 saturated carbocycles. The molecule has 0 aliphatic carbocycles. The van der Waals surface area contributed by atoms with E-state index in [9.17, 15) is 4.79 Å². The third-order valence-corrected chi connectivity index (χ3v) is 5.96. The number of rotatable bonds is 4. The zero-order valence-electron chi connectivity index (χ0n) is 15.3. The second-order valence-electron chi connectivity index (χ2n) is 8.26. The minimum absolute atomic E-state index is 0.120. The lowest BCUT2D eigenvalue weighted by molar-refractivity contribution is -0.145. The summed E-state index contributed by atoms with van der Waals surface area (Å²) in [6, 6.07) is 0.772. The van der Waals surface area contributed by atoms with Gasteiger partial charge in [0.15, 0.2) is 0 Å². The molecule has 0 aromatic carbocycles. The second kappa shape index (κ2) is 7.33. The fraction of sp³-hybridized carbons (Fsp3) is 0.947. The molecule has 0 bridgehead atoms. The number of carbonyl (C=O) groups is 1. The van der Waals surface area contributed by atoms with Crippen LogP contribution in [0.3, 0.4) is 0 Å². The molecule has 2 fully saturated rings. The van der Waals surface area contributed by atoms with E-state index in [0.29, 0.717) is 41.7 Å². The average Bonchev–Trinajstić information content (AvgIpc) is 2.76. The summed E-state index contributed by atoms with van der Waals surface area (Å²) < 4.78 is 5.68. The van der Waals surface area contributed by atoms with Crippen molar-refractivity contribution in [2.45, 2.75) is 72.9 Å². The van der Waals surface area contributed by atoms with E-state index < -0.39 is 0 Å². The van der Waals surface area contributed by atoms with Crippen molar-refractivity contribution in [3.05, 3.63) is 0 Å². The van der Waals surface area contributed by atoms with Gasteiger partial charge < -0.3 is 9.64 Å². The summed E-state index contributed by atoms with van der Waals surface area (Å²) in [5.74, 6) is 2.43. The van der Waals surface area contributed by atoms with Gasteiger partial charge in [0, 0.05) is 24.6 Å². The lowest BCUT2D eigenvalue weighted by atomic mass is 9.79. The maximum Gasteiger partial charge on any atom is 0.226 e. The highest BCUT2D eigenvalue weighted by Gasteiger charge is 2.44. The SMILES string of the molecule is CC(C)C(C(=O)N1C(C)C(C)C[C@H]1C(C)C)C1CCCOC1. The molecule has 2 saturated heterocycles. The Morgan fingerprint density at radius 1 is 1.18 bits per heavy atom. The summed E-state index contributed by atoms with van der Waals surface area (Å²) in [6.45, 7) is 15.1. The normalized spacial score (nSPS) is 34.5. The molecule has 0 aromatic rings. The van der Waals surface area contributed by atoms with Crippen LogP contribution >= 0.6 is 0 Å². The molecule has 2 aliphatic heterocycles.